The van der Waals surface area contributed by atoms with Crippen molar-refractivity contribution < 1.29 is 9.21 Å². The Kier molecular flexibility index (Phi) is 5.45. The molecule has 9 heteroatoms. The van der Waals surface area contributed by atoms with Gasteiger partial charge >= 0.3 is 0 Å². The average molecular weight is 458 g/mol. The molecule has 1 amide bonds. The van der Waals surface area contributed by atoms with E-state index in [1.54, 1.807) is 13.1 Å². The van der Waals surface area contributed by atoms with Crippen LogP contribution >= 0.6 is 0 Å². The first-order valence-corrected chi connectivity index (χ1v) is 11.2. The maximum absolute atomic E-state index is 11.6. The molecule has 1 saturated heterocycles. The van der Waals surface area contributed by atoms with Crippen LogP contribution in [0, 0.1) is 0 Å². The zero-order valence-electron chi connectivity index (χ0n) is 18.9. The third-order valence-corrected chi connectivity index (χ3v) is 6.54. The molecule has 3 aromatic heterocycles. The molecule has 9 nitrogen and oxygen atoms in total. The summed E-state index contributed by atoms with van der Waals surface area (Å²) in [5.74, 6) is 1.06. The van der Waals surface area contributed by atoms with Crippen molar-refractivity contribution in [2.45, 2.75) is 25.8 Å². The third-order valence-electron chi connectivity index (χ3n) is 6.54. The van der Waals surface area contributed by atoms with Gasteiger partial charge in [-0.1, -0.05) is 18.2 Å². The fourth-order valence-electron chi connectivity index (χ4n) is 4.66. The molecule has 1 aliphatic heterocycles. The quantitative estimate of drug-likeness (QED) is 0.423. The Morgan fingerprint density at radius 3 is 2.65 bits per heavy atom. The number of benzene rings is 1. The maximum Gasteiger partial charge on any atom is 0.219 e. The Labute approximate surface area is 196 Å². The zero-order valence-corrected chi connectivity index (χ0v) is 18.9. The van der Waals surface area contributed by atoms with E-state index in [1.165, 1.54) is 12.4 Å². The van der Waals surface area contributed by atoms with E-state index in [0.29, 0.717) is 17.2 Å². The predicted molar refractivity (Wildman–Crippen MR) is 132 cm³/mol. The van der Waals surface area contributed by atoms with Crippen LogP contribution in [-0.2, 0) is 4.79 Å². The van der Waals surface area contributed by atoms with Crippen molar-refractivity contribution in [1.29, 1.82) is 0 Å². The number of nitrogen functional groups attached to an aromatic ring is 1. The molecule has 34 heavy (non-hydrogen) atoms. The van der Waals surface area contributed by atoms with Crippen LogP contribution in [0.4, 0.5) is 5.82 Å². The molecule has 6 N–H and O–H groups in total. The second-order valence-electron chi connectivity index (χ2n) is 8.50. The summed E-state index contributed by atoms with van der Waals surface area (Å²) in [6.45, 7) is 3.10. The summed E-state index contributed by atoms with van der Waals surface area (Å²) in [5.41, 5.74) is 21.0. The van der Waals surface area contributed by atoms with E-state index in [1.807, 2.05) is 46.2 Å². The van der Waals surface area contributed by atoms with Crippen LogP contribution in [0.3, 0.4) is 0 Å². The molecule has 1 aliphatic rings. The number of hydrogen-bond acceptors (Lipinski definition) is 7. The highest BCUT2D eigenvalue weighted by molar-refractivity contribution is 6.00. The summed E-state index contributed by atoms with van der Waals surface area (Å²) >= 11 is 0. The highest BCUT2D eigenvalue weighted by Gasteiger charge is 2.23. The number of hydrogen-bond donors (Lipinski definition) is 3. The van der Waals surface area contributed by atoms with Gasteiger partial charge in [0.15, 0.2) is 11.4 Å². The van der Waals surface area contributed by atoms with Gasteiger partial charge < -0.3 is 26.5 Å². The van der Waals surface area contributed by atoms with Crippen LogP contribution in [0.25, 0.3) is 45.8 Å². The number of fused-ring (bicyclic) bond motifs is 1. The van der Waals surface area contributed by atoms with Crippen molar-refractivity contribution in [2.24, 2.45) is 11.5 Å². The van der Waals surface area contributed by atoms with E-state index in [9.17, 15) is 4.79 Å². The van der Waals surface area contributed by atoms with Gasteiger partial charge in [0.05, 0.1) is 12.2 Å². The average Bonchev–Trinajstić information content (AvgIpc) is 3.52. The van der Waals surface area contributed by atoms with Crippen LogP contribution in [-0.4, -0.2) is 38.7 Å². The van der Waals surface area contributed by atoms with Gasteiger partial charge in [0.2, 0.25) is 5.91 Å². The van der Waals surface area contributed by atoms with Gasteiger partial charge in [-0.15, -0.1) is 0 Å². The monoisotopic (exact) mass is 457 g/mol. The lowest BCUT2D eigenvalue weighted by atomic mass is 10.0. The van der Waals surface area contributed by atoms with E-state index in [2.05, 4.69) is 10.1 Å². The molecular weight excluding hydrogens is 430 g/mol. The molecule has 1 aromatic carbocycles. The molecular formula is C25H27N7O2. The van der Waals surface area contributed by atoms with Crippen molar-refractivity contribution in [1.82, 2.24) is 19.7 Å². The van der Waals surface area contributed by atoms with Gasteiger partial charge in [-0.3, -0.25) is 9.48 Å². The zero-order chi connectivity index (χ0) is 23.8. The molecule has 1 fully saturated rings. The number of likely N-dealkylation sites (tertiary alicyclic amines) is 1. The van der Waals surface area contributed by atoms with E-state index in [0.717, 1.165) is 58.4 Å². The first-order chi connectivity index (χ1) is 16.5. The molecule has 5 rings (SSSR count). The van der Waals surface area contributed by atoms with Crippen LogP contribution < -0.4 is 27.6 Å². The summed E-state index contributed by atoms with van der Waals surface area (Å²) in [7, 11) is 0. The largest absolute Gasteiger partial charge is 0.452 e. The second-order valence-corrected chi connectivity index (χ2v) is 8.50. The smallest absolute Gasteiger partial charge is 0.219 e. The summed E-state index contributed by atoms with van der Waals surface area (Å²) in [4.78, 5) is 17.9. The van der Waals surface area contributed by atoms with E-state index in [-0.39, 0.29) is 11.9 Å². The summed E-state index contributed by atoms with van der Waals surface area (Å²) in [6, 6.07) is 7.92. The Hall–Kier alpha value is -4.27. The van der Waals surface area contributed by atoms with Crippen LogP contribution in [0.5, 0.6) is 0 Å². The summed E-state index contributed by atoms with van der Waals surface area (Å²) in [5, 5.41) is 7.05. The van der Waals surface area contributed by atoms with Gasteiger partial charge in [-0.2, -0.15) is 5.10 Å². The van der Waals surface area contributed by atoms with Gasteiger partial charge in [-0.25, -0.2) is 4.98 Å². The lowest BCUT2D eigenvalue weighted by molar-refractivity contribution is -0.130. The number of carbonyl (C=O) groups is 1. The van der Waals surface area contributed by atoms with Crippen LogP contribution in [0.15, 0.2) is 47.3 Å². The predicted octanol–water partition coefficient (Wildman–Crippen LogP) is 1.52. The second kappa shape index (κ2) is 8.58. The molecule has 0 saturated carbocycles. The SMILES string of the molecule is CC(=O)N1CCC(n2cc(-c3cnc(N)c4oc(-c5cccc(=C/N)/c5=C\N)cc34)cn2)CC1. The number of nitrogens with two attached hydrogens (primary N) is 3. The van der Waals surface area contributed by atoms with E-state index < -0.39 is 0 Å². The molecule has 0 bridgehead atoms. The molecule has 174 valence electrons. The Morgan fingerprint density at radius 2 is 1.94 bits per heavy atom. The molecule has 0 aliphatic carbocycles. The molecule has 4 heterocycles. The summed E-state index contributed by atoms with van der Waals surface area (Å²) in [6.07, 6.45) is 10.4. The van der Waals surface area contributed by atoms with E-state index >= 15 is 0 Å². The summed E-state index contributed by atoms with van der Waals surface area (Å²) < 4.78 is 8.15. The number of amides is 1. The minimum atomic E-state index is 0.121. The Balaban J connectivity index is 1.54. The van der Waals surface area contributed by atoms with E-state index in [4.69, 9.17) is 21.6 Å². The van der Waals surface area contributed by atoms with Crippen LogP contribution in [0.1, 0.15) is 25.8 Å². The first kappa shape index (κ1) is 21.6. The minimum Gasteiger partial charge on any atom is -0.452 e. The van der Waals surface area contributed by atoms with Crippen LogP contribution in [0.2, 0.25) is 0 Å². The van der Waals surface area contributed by atoms with Crippen molar-refractivity contribution in [3.8, 4) is 22.5 Å². The number of carbonyl (C=O) groups excluding carboxylic acids is 1. The minimum absolute atomic E-state index is 0.121. The maximum atomic E-state index is 11.6. The lowest BCUT2D eigenvalue weighted by Crippen LogP contribution is -2.37. The topological polar surface area (TPSA) is 142 Å². The normalized spacial score (nSPS) is 16.0. The highest BCUT2D eigenvalue weighted by atomic mass is 16.3. The molecule has 4 aromatic rings. The number of aromatic nitrogens is 3. The number of pyridine rings is 1. The molecule has 0 atom stereocenters. The number of rotatable bonds is 3. The number of furan rings is 1. The van der Waals surface area contributed by atoms with Crippen molar-refractivity contribution in [2.75, 3.05) is 18.8 Å². The van der Waals surface area contributed by atoms with Gasteiger partial charge in [0.1, 0.15) is 5.76 Å². The fraction of sp³-hybridized carbons (Fsp3) is 0.240. The first-order valence-electron chi connectivity index (χ1n) is 11.2. The molecule has 0 radical (unpaired) electrons. The Morgan fingerprint density at radius 1 is 1.15 bits per heavy atom. The van der Waals surface area contributed by atoms with Gasteiger partial charge in [0.25, 0.3) is 0 Å². The van der Waals surface area contributed by atoms with Crippen molar-refractivity contribution in [3.05, 3.63) is 53.3 Å². The standard InChI is InChI=1S/C25H27N7O2/c1-15(33)31-7-5-18(6-8-31)32-14-17(12-30-32)22-13-29-25(28)24-20(22)9-23(34-24)19-4-2-3-16(10-26)21(19)11-27/h2-4,9-14,18H,5-8,26-27H2,1H3,(H2,28,29)/b16-10-,21-11+. The van der Waals surface area contributed by atoms with Crippen molar-refractivity contribution in [3.63, 3.8) is 0 Å². The Bertz CT molecular complexity index is 1490. The third kappa shape index (κ3) is 3.64. The number of anilines is 1. The van der Waals surface area contributed by atoms with Gasteiger partial charge in [0, 0.05) is 72.1 Å². The van der Waals surface area contributed by atoms with Gasteiger partial charge in [-0.05, 0) is 24.1 Å². The molecule has 0 unspecified atom stereocenters. The number of piperidine rings is 1. The fourth-order valence-corrected chi connectivity index (χ4v) is 4.66. The highest BCUT2D eigenvalue weighted by Crippen LogP contribution is 2.36. The van der Waals surface area contributed by atoms with Crippen molar-refractivity contribution >= 4 is 35.1 Å². The number of nitrogens with zero attached hydrogens (tertiary/aromatic N) is 4. The molecule has 0 spiro atoms. The lowest BCUT2D eigenvalue weighted by Gasteiger charge is -2.31.